The number of guanidine groups is 1. The van der Waals surface area contributed by atoms with Gasteiger partial charge in [0.05, 0.1) is 0 Å². The summed E-state index contributed by atoms with van der Waals surface area (Å²) in [6, 6.07) is 7.93. The van der Waals surface area contributed by atoms with Crippen LogP contribution in [0.2, 0.25) is 0 Å². The first-order valence-corrected chi connectivity index (χ1v) is 9.84. The minimum absolute atomic E-state index is 0.0512. The van der Waals surface area contributed by atoms with E-state index in [-0.39, 0.29) is 5.91 Å². The molecule has 1 aromatic carbocycles. The van der Waals surface area contributed by atoms with Gasteiger partial charge in [0.15, 0.2) is 5.96 Å². The lowest BCUT2D eigenvalue weighted by Gasteiger charge is -2.22. The largest absolute Gasteiger partial charge is 0.356 e. The molecule has 26 heavy (non-hydrogen) atoms. The van der Waals surface area contributed by atoms with Gasteiger partial charge in [-0.1, -0.05) is 25.0 Å². The fourth-order valence-electron chi connectivity index (χ4n) is 4.35. The van der Waals surface area contributed by atoms with Crippen LogP contribution >= 0.6 is 0 Å². The lowest BCUT2D eigenvalue weighted by Crippen LogP contribution is -2.41. The Labute approximate surface area is 157 Å². The lowest BCUT2D eigenvalue weighted by atomic mass is 9.82. The fourth-order valence-corrected chi connectivity index (χ4v) is 4.35. The van der Waals surface area contributed by atoms with Crippen LogP contribution in [-0.2, 0) is 6.42 Å². The predicted octanol–water partition coefficient (Wildman–Crippen LogP) is 2.63. The van der Waals surface area contributed by atoms with Crippen molar-refractivity contribution in [3.8, 4) is 0 Å². The van der Waals surface area contributed by atoms with Crippen LogP contribution in [0.1, 0.15) is 41.6 Å². The summed E-state index contributed by atoms with van der Waals surface area (Å²) in [7, 11) is 5.45. The van der Waals surface area contributed by atoms with Crippen molar-refractivity contribution in [3.05, 3.63) is 35.4 Å². The number of hydrogen-bond acceptors (Lipinski definition) is 2. The van der Waals surface area contributed by atoms with Crippen LogP contribution in [0.4, 0.5) is 0 Å². The van der Waals surface area contributed by atoms with E-state index in [9.17, 15) is 4.79 Å². The Morgan fingerprint density at radius 3 is 2.54 bits per heavy atom. The van der Waals surface area contributed by atoms with Gasteiger partial charge in [0.2, 0.25) is 0 Å². The van der Waals surface area contributed by atoms with Crippen molar-refractivity contribution in [2.24, 2.45) is 16.8 Å². The maximum atomic E-state index is 12.1. The number of amides is 1. The van der Waals surface area contributed by atoms with E-state index in [1.54, 1.807) is 19.0 Å². The standard InChI is InChI=1S/C21H32N4O/c1-22-21(25-14-18-8-4-5-9-19(18)15-25)23-12-11-16-7-6-10-17(13-16)20(26)24(2)3/h6-7,10,13,18-19H,4-5,8-9,11-12,14-15H2,1-3H3,(H,22,23). The van der Waals surface area contributed by atoms with Gasteiger partial charge in [0.1, 0.15) is 0 Å². The fraction of sp³-hybridized carbons (Fsp3) is 0.619. The summed E-state index contributed by atoms with van der Waals surface area (Å²) in [5.41, 5.74) is 1.93. The zero-order chi connectivity index (χ0) is 18.5. The highest BCUT2D eigenvalue weighted by Crippen LogP contribution is 2.35. The Morgan fingerprint density at radius 1 is 1.23 bits per heavy atom. The van der Waals surface area contributed by atoms with Gasteiger partial charge < -0.3 is 15.1 Å². The Hall–Kier alpha value is -2.04. The second-order valence-electron chi connectivity index (χ2n) is 7.83. The second kappa shape index (κ2) is 8.56. The van der Waals surface area contributed by atoms with Crippen molar-refractivity contribution < 1.29 is 4.79 Å². The van der Waals surface area contributed by atoms with Crippen LogP contribution in [0.15, 0.2) is 29.3 Å². The van der Waals surface area contributed by atoms with Gasteiger partial charge in [-0.25, -0.2) is 0 Å². The number of carbonyl (C=O) groups is 1. The zero-order valence-electron chi connectivity index (χ0n) is 16.4. The Balaban J connectivity index is 1.52. The van der Waals surface area contributed by atoms with E-state index in [1.807, 2.05) is 25.2 Å². The van der Waals surface area contributed by atoms with Crippen molar-refractivity contribution in [2.45, 2.75) is 32.1 Å². The average Bonchev–Trinajstić information content (AvgIpc) is 3.08. The Bertz CT molecular complexity index is 641. The molecule has 2 aliphatic rings. The third-order valence-corrected chi connectivity index (χ3v) is 5.76. The molecule has 142 valence electrons. The summed E-state index contributed by atoms with van der Waals surface area (Å²) in [5, 5.41) is 3.52. The van der Waals surface area contributed by atoms with Crippen molar-refractivity contribution in [1.82, 2.24) is 15.1 Å². The first kappa shape index (κ1) is 18.7. The van der Waals surface area contributed by atoms with Gasteiger partial charge in [-0.2, -0.15) is 0 Å². The lowest BCUT2D eigenvalue weighted by molar-refractivity contribution is 0.0827. The first-order valence-electron chi connectivity index (χ1n) is 9.84. The van der Waals surface area contributed by atoms with Gasteiger partial charge >= 0.3 is 0 Å². The molecule has 1 amide bonds. The molecule has 1 saturated heterocycles. The highest BCUT2D eigenvalue weighted by atomic mass is 16.2. The molecule has 1 N–H and O–H groups in total. The number of carbonyl (C=O) groups excluding carboxylic acids is 1. The van der Waals surface area contributed by atoms with E-state index in [0.29, 0.717) is 0 Å². The third kappa shape index (κ3) is 4.37. The summed E-state index contributed by atoms with van der Waals surface area (Å²) in [5.74, 6) is 2.79. The van der Waals surface area contributed by atoms with Crippen LogP contribution < -0.4 is 5.32 Å². The molecular formula is C21H32N4O. The normalized spacial score (nSPS) is 22.9. The van der Waals surface area contributed by atoms with E-state index >= 15 is 0 Å². The van der Waals surface area contributed by atoms with Gasteiger partial charge in [-0.15, -0.1) is 0 Å². The molecule has 5 heteroatoms. The molecule has 3 rings (SSSR count). The second-order valence-corrected chi connectivity index (χ2v) is 7.83. The highest BCUT2D eigenvalue weighted by Gasteiger charge is 2.35. The summed E-state index contributed by atoms with van der Waals surface area (Å²) >= 11 is 0. The molecule has 0 spiro atoms. The quantitative estimate of drug-likeness (QED) is 0.666. The van der Waals surface area contributed by atoms with Gasteiger partial charge in [0, 0.05) is 46.3 Å². The smallest absolute Gasteiger partial charge is 0.253 e. The van der Waals surface area contributed by atoms with E-state index in [2.05, 4.69) is 21.3 Å². The average molecular weight is 357 g/mol. The van der Waals surface area contributed by atoms with Crippen molar-refractivity contribution in [2.75, 3.05) is 40.8 Å². The molecule has 0 aromatic heterocycles. The molecule has 5 nitrogen and oxygen atoms in total. The third-order valence-electron chi connectivity index (χ3n) is 5.76. The van der Waals surface area contributed by atoms with Crippen molar-refractivity contribution in [1.29, 1.82) is 0 Å². The molecule has 1 heterocycles. The van der Waals surface area contributed by atoms with Crippen LogP contribution in [-0.4, -0.2) is 62.4 Å². The minimum Gasteiger partial charge on any atom is -0.356 e. The monoisotopic (exact) mass is 356 g/mol. The van der Waals surface area contributed by atoms with E-state index in [0.717, 1.165) is 49.4 Å². The molecule has 0 radical (unpaired) electrons. The number of rotatable bonds is 4. The van der Waals surface area contributed by atoms with Crippen molar-refractivity contribution in [3.63, 3.8) is 0 Å². The van der Waals surface area contributed by atoms with Crippen LogP contribution in [0.5, 0.6) is 0 Å². The molecule has 1 saturated carbocycles. The number of hydrogen-bond donors (Lipinski definition) is 1. The highest BCUT2D eigenvalue weighted by molar-refractivity contribution is 5.94. The van der Waals surface area contributed by atoms with Gasteiger partial charge in [-0.05, 0) is 48.8 Å². The van der Waals surface area contributed by atoms with Crippen LogP contribution in [0.25, 0.3) is 0 Å². The number of benzene rings is 1. The van der Waals surface area contributed by atoms with E-state index in [4.69, 9.17) is 0 Å². The molecule has 2 fully saturated rings. The van der Waals surface area contributed by atoms with E-state index in [1.165, 1.54) is 31.2 Å². The Morgan fingerprint density at radius 2 is 1.92 bits per heavy atom. The van der Waals surface area contributed by atoms with Crippen molar-refractivity contribution >= 4 is 11.9 Å². The number of fused-ring (bicyclic) bond motifs is 1. The molecule has 1 aliphatic carbocycles. The maximum Gasteiger partial charge on any atom is 0.253 e. The number of nitrogens with zero attached hydrogens (tertiary/aromatic N) is 3. The SMILES string of the molecule is CN=C(NCCc1cccc(C(=O)N(C)C)c1)N1CC2CCCCC2C1. The first-order chi connectivity index (χ1) is 12.6. The molecule has 2 unspecified atom stereocenters. The molecule has 1 aromatic rings. The number of aliphatic imine (C=N–C) groups is 1. The summed E-state index contributed by atoms with van der Waals surface area (Å²) in [6.45, 7) is 3.13. The molecule has 2 atom stereocenters. The minimum atomic E-state index is 0.0512. The molecule has 0 bridgehead atoms. The summed E-state index contributed by atoms with van der Waals surface area (Å²) in [4.78, 5) is 20.7. The van der Waals surface area contributed by atoms with Gasteiger partial charge in [0.25, 0.3) is 5.91 Å². The van der Waals surface area contributed by atoms with Crippen LogP contribution in [0, 0.1) is 11.8 Å². The maximum absolute atomic E-state index is 12.1. The van der Waals surface area contributed by atoms with Crippen LogP contribution in [0.3, 0.4) is 0 Å². The predicted molar refractivity (Wildman–Crippen MR) is 107 cm³/mol. The number of nitrogens with one attached hydrogen (secondary N) is 1. The topological polar surface area (TPSA) is 47.9 Å². The zero-order valence-corrected chi connectivity index (χ0v) is 16.4. The summed E-state index contributed by atoms with van der Waals surface area (Å²) in [6.07, 6.45) is 6.43. The number of likely N-dealkylation sites (tertiary alicyclic amines) is 1. The Kier molecular flexibility index (Phi) is 6.17. The molecule has 1 aliphatic heterocycles. The summed E-state index contributed by atoms with van der Waals surface area (Å²) < 4.78 is 0. The molecular weight excluding hydrogens is 324 g/mol. The van der Waals surface area contributed by atoms with Gasteiger partial charge in [-0.3, -0.25) is 9.79 Å². The van der Waals surface area contributed by atoms with E-state index < -0.39 is 0 Å².